The highest BCUT2D eigenvalue weighted by Crippen LogP contribution is 2.58. The molecule has 4 nitrogen and oxygen atoms in total. The topological polar surface area (TPSA) is 66.4 Å². The Labute approximate surface area is 122 Å². The molecule has 4 heteroatoms. The second-order valence-electron chi connectivity index (χ2n) is 7.45. The highest BCUT2D eigenvalue weighted by Gasteiger charge is 2.65. The molecule has 0 saturated heterocycles. The Balaban J connectivity index is 2.42. The van der Waals surface area contributed by atoms with Gasteiger partial charge in [-0.2, -0.15) is 0 Å². The normalized spacial score (nSPS) is 24.2. The number of hydrogen-bond donors (Lipinski definition) is 2. The Morgan fingerprint density at radius 3 is 2.25 bits per heavy atom. The number of nitrogens with one attached hydrogen (secondary N) is 1. The van der Waals surface area contributed by atoms with Gasteiger partial charge >= 0.3 is 5.97 Å². The molecule has 2 unspecified atom stereocenters. The van der Waals surface area contributed by atoms with Gasteiger partial charge in [0.1, 0.15) is 0 Å². The summed E-state index contributed by atoms with van der Waals surface area (Å²) in [4.78, 5) is 23.2. The summed E-state index contributed by atoms with van der Waals surface area (Å²) in [7, 11) is 0. The van der Waals surface area contributed by atoms with Crippen molar-refractivity contribution in [2.45, 2.75) is 60.3 Å². The van der Waals surface area contributed by atoms with Crippen LogP contribution in [0.15, 0.2) is 0 Å². The lowest BCUT2D eigenvalue weighted by Gasteiger charge is -2.25. The van der Waals surface area contributed by atoms with Crippen LogP contribution in [0.4, 0.5) is 0 Å². The van der Waals surface area contributed by atoms with E-state index in [0.717, 1.165) is 6.42 Å². The summed E-state index contributed by atoms with van der Waals surface area (Å²) in [5, 5.41) is 12.0. The number of carboxylic acids is 1. The minimum atomic E-state index is -0.864. The molecule has 1 rings (SSSR count). The van der Waals surface area contributed by atoms with Gasteiger partial charge in [-0.15, -0.1) is 0 Å². The first-order valence-electron chi connectivity index (χ1n) is 7.64. The number of amides is 1. The van der Waals surface area contributed by atoms with Crippen molar-refractivity contribution in [1.82, 2.24) is 5.32 Å². The Morgan fingerprint density at radius 1 is 1.20 bits per heavy atom. The van der Waals surface area contributed by atoms with Gasteiger partial charge in [0.2, 0.25) is 5.91 Å². The molecule has 20 heavy (non-hydrogen) atoms. The highest BCUT2D eigenvalue weighted by molar-refractivity contribution is 5.91. The molecule has 0 aromatic heterocycles. The molecule has 0 aromatic rings. The van der Waals surface area contributed by atoms with E-state index in [1.807, 2.05) is 13.8 Å². The lowest BCUT2D eigenvalue weighted by molar-refractivity contribution is -0.140. The van der Waals surface area contributed by atoms with E-state index in [4.69, 9.17) is 5.11 Å². The average molecular weight is 283 g/mol. The predicted molar refractivity (Wildman–Crippen MR) is 79.3 cm³/mol. The van der Waals surface area contributed by atoms with Crippen LogP contribution in [0.25, 0.3) is 0 Å². The number of unbranched alkanes of at least 4 members (excludes halogenated alkanes) is 2. The van der Waals surface area contributed by atoms with Gasteiger partial charge in [-0.1, -0.05) is 53.9 Å². The number of aliphatic carboxylic acids is 1. The lowest BCUT2D eigenvalue weighted by Crippen LogP contribution is -2.36. The summed E-state index contributed by atoms with van der Waals surface area (Å²) in [6.07, 6.45) is 4.66. The molecule has 1 aliphatic carbocycles. The molecule has 2 N–H and O–H groups in total. The molecule has 0 aromatic carbocycles. The van der Waals surface area contributed by atoms with Crippen LogP contribution in [0.3, 0.4) is 0 Å². The van der Waals surface area contributed by atoms with Gasteiger partial charge in [0, 0.05) is 6.54 Å². The van der Waals surface area contributed by atoms with E-state index in [2.05, 4.69) is 26.1 Å². The third-order valence-electron chi connectivity index (χ3n) is 4.57. The molecule has 0 aliphatic heterocycles. The molecule has 1 aliphatic rings. The van der Waals surface area contributed by atoms with E-state index < -0.39 is 17.3 Å². The number of carbonyl (C=O) groups is 2. The summed E-state index contributed by atoms with van der Waals surface area (Å²) < 4.78 is 0. The maximum atomic E-state index is 12.1. The van der Waals surface area contributed by atoms with Gasteiger partial charge in [0.05, 0.1) is 11.8 Å². The molecule has 0 radical (unpaired) electrons. The molecule has 1 fully saturated rings. The second-order valence-corrected chi connectivity index (χ2v) is 7.45. The van der Waals surface area contributed by atoms with E-state index in [1.54, 1.807) is 0 Å². The zero-order valence-corrected chi connectivity index (χ0v) is 13.5. The predicted octanol–water partition coefficient (Wildman–Crippen LogP) is 3.07. The minimum Gasteiger partial charge on any atom is -0.481 e. The quantitative estimate of drug-likeness (QED) is 0.673. The van der Waals surface area contributed by atoms with Gasteiger partial charge in [-0.05, 0) is 17.3 Å². The van der Waals surface area contributed by atoms with E-state index in [9.17, 15) is 9.59 Å². The highest BCUT2D eigenvalue weighted by atomic mass is 16.4. The van der Waals surface area contributed by atoms with Crippen molar-refractivity contribution >= 4 is 11.9 Å². The summed E-state index contributed by atoms with van der Waals surface area (Å²) in [6, 6.07) is 0. The van der Waals surface area contributed by atoms with Crippen LogP contribution in [-0.2, 0) is 9.59 Å². The number of carboxylic acid groups (broad SMARTS) is 1. The van der Waals surface area contributed by atoms with Gasteiger partial charge in [0.25, 0.3) is 0 Å². The Bertz CT molecular complexity index is 374. The number of rotatable bonds is 8. The van der Waals surface area contributed by atoms with Crippen molar-refractivity contribution in [3.8, 4) is 0 Å². The first-order valence-corrected chi connectivity index (χ1v) is 7.64. The van der Waals surface area contributed by atoms with Crippen LogP contribution in [-0.4, -0.2) is 23.5 Å². The Morgan fingerprint density at radius 2 is 1.80 bits per heavy atom. The third-order valence-corrected chi connectivity index (χ3v) is 4.57. The molecule has 0 heterocycles. The zero-order chi connectivity index (χ0) is 15.6. The van der Waals surface area contributed by atoms with Crippen LogP contribution in [0.1, 0.15) is 60.3 Å². The molecule has 1 saturated carbocycles. The average Bonchev–Trinajstić information content (AvgIpc) is 2.90. The largest absolute Gasteiger partial charge is 0.481 e. The first kappa shape index (κ1) is 17.0. The molecular weight excluding hydrogens is 254 g/mol. The van der Waals surface area contributed by atoms with Crippen molar-refractivity contribution in [1.29, 1.82) is 0 Å². The smallest absolute Gasteiger partial charge is 0.307 e. The Hall–Kier alpha value is -1.06. The maximum absolute atomic E-state index is 12.1. The van der Waals surface area contributed by atoms with E-state index in [1.165, 1.54) is 19.3 Å². The molecule has 2 atom stereocenters. The monoisotopic (exact) mass is 283 g/mol. The summed E-state index contributed by atoms with van der Waals surface area (Å²) in [6.45, 7) is 10.8. The van der Waals surface area contributed by atoms with Crippen molar-refractivity contribution < 1.29 is 14.7 Å². The Kier molecular flexibility index (Phi) is 5.22. The van der Waals surface area contributed by atoms with E-state index in [0.29, 0.717) is 6.54 Å². The van der Waals surface area contributed by atoms with Gasteiger partial charge in [-0.25, -0.2) is 0 Å². The fourth-order valence-corrected chi connectivity index (χ4v) is 2.97. The minimum absolute atomic E-state index is 0.0720. The first-order chi connectivity index (χ1) is 9.13. The van der Waals surface area contributed by atoms with Crippen LogP contribution >= 0.6 is 0 Å². The molecule has 1 amide bonds. The second kappa shape index (κ2) is 6.15. The third kappa shape index (κ3) is 3.97. The van der Waals surface area contributed by atoms with Crippen LogP contribution < -0.4 is 5.32 Å². The van der Waals surface area contributed by atoms with Gasteiger partial charge < -0.3 is 10.4 Å². The summed E-state index contributed by atoms with van der Waals surface area (Å²) in [5.41, 5.74) is -0.342. The zero-order valence-electron chi connectivity index (χ0n) is 13.5. The van der Waals surface area contributed by atoms with Gasteiger partial charge in [-0.3, -0.25) is 9.59 Å². The van der Waals surface area contributed by atoms with Crippen molar-refractivity contribution in [2.75, 3.05) is 6.54 Å². The van der Waals surface area contributed by atoms with Crippen LogP contribution in [0, 0.1) is 22.7 Å². The fraction of sp³-hybridized carbons (Fsp3) is 0.875. The lowest BCUT2D eigenvalue weighted by atomic mass is 9.87. The number of carbonyl (C=O) groups excluding carboxylic acids is 1. The fourth-order valence-electron chi connectivity index (χ4n) is 2.97. The van der Waals surface area contributed by atoms with Crippen LogP contribution in [0.5, 0.6) is 0 Å². The SMILES string of the molecule is CCCCCC(C)(C)CNC(=O)C1C(C(=O)O)C1(C)C. The molecule has 0 spiro atoms. The van der Waals surface area contributed by atoms with Crippen LogP contribution in [0.2, 0.25) is 0 Å². The summed E-state index contributed by atoms with van der Waals surface area (Å²) >= 11 is 0. The molecule has 0 bridgehead atoms. The molecular formula is C16H29NO3. The standard InChI is InChI=1S/C16H29NO3/c1-6-7-8-9-15(2,3)10-17-13(18)11-12(14(19)20)16(11,4)5/h11-12H,6-10H2,1-5H3,(H,17,18)(H,19,20). The molecule has 116 valence electrons. The van der Waals surface area contributed by atoms with E-state index in [-0.39, 0.29) is 17.2 Å². The van der Waals surface area contributed by atoms with Crippen molar-refractivity contribution in [3.05, 3.63) is 0 Å². The number of hydrogen-bond acceptors (Lipinski definition) is 2. The van der Waals surface area contributed by atoms with Crippen molar-refractivity contribution in [3.63, 3.8) is 0 Å². The van der Waals surface area contributed by atoms with Gasteiger partial charge in [0.15, 0.2) is 0 Å². The maximum Gasteiger partial charge on any atom is 0.307 e. The summed E-state index contributed by atoms with van der Waals surface area (Å²) in [5.74, 6) is -1.89. The van der Waals surface area contributed by atoms with E-state index >= 15 is 0 Å². The van der Waals surface area contributed by atoms with Crippen molar-refractivity contribution in [2.24, 2.45) is 22.7 Å².